The molecule has 1 radical (unpaired) electrons. The molecule has 9 heteroatoms. The minimum absolute atomic E-state index is 0. The maximum absolute atomic E-state index is 13.8. The van der Waals surface area contributed by atoms with E-state index in [0.717, 1.165) is 64.2 Å². The summed E-state index contributed by atoms with van der Waals surface area (Å²) >= 11 is 0. The van der Waals surface area contributed by atoms with E-state index in [1.54, 1.807) is 10.9 Å². The van der Waals surface area contributed by atoms with Gasteiger partial charge in [0.15, 0.2) is 5.82 Å². The number of hydrogen-bond donors (Lipinski definition) is 1. The van der Waals surface area contributed by atoms with Crippen LogP contribution >= 0.6 is 0 Å². The predicted octanol–water partition coefficient (Wildman–Crippen LogP) is 5.12. The van der Waals surface area contributed by atoms with E-state index in [4.69, 9.17) is 14.2 Å². The van der Waals surface area contributed by atoms with Gasteiger partial charge < -0.3 is 4.74 Å². The molecule has 203 valence electrons. The van der Waals surface area contributed by atoms with Gasteiger partial charge in [0.05, 0.1) is 11.4 Å². The number of H-pyrrole nitrogens is 1. The van der Waals surface area contributed by atoms with Gasteiger partial charge in [0, 0.05) is 59.1 Å². The van der Waals surface area contributed by atoms with Crippen LogP contribution in [0.5, 0.6) is 5.75 Å². The van der Waals surface area contributed by atoms with Crippen LogP contribution in [0.4, 0.5) is 0 Å². The van der Waals surface area contributed by atoms with Crippen molar-refractivity contribution in [2.24, 2.45) is 0 Å². The first-order valence-corrected chi connectivity index (χ1v) is 13.5. The fourth-order valence-electron chi connectivity index (χ4n) is 5.38. The van der Waals surface area contributed by atoms with E-state index in [1.165, 1.54) is 0 Å². The molecule has 2 aromatic heterocycles. The molecule has 0 amide bonds. The van der Waals surface area contributed by atoms with Crippen molar-refractivity contribution in [1.82, 2.24) is 19.7 Å². The first kappa shape index (κ1) is 28.8. The maximum Gasteiger partial charge on any atom is 0.439 e. The molecule has 3 aromatic carbocycles. The van der Waals surface area contributed by atoms with Crippen molar-refractivity contribution in [2.75, 3.05) is 0 Å². The summed E-state index contributed by atoms with van der Waals surface area (Å²) in [4.78, 5) is 32.7. The average Bonchev–Trinajstić information content (AvgIpc) is 3.51. The summed E-state index contributed by atoms with van der Waals surface area (Å²) in [5.41, 5.74) is 6.77. The number of aromatic nitrogens is 4. The van der Waals surface area contributed by atoms with Gasteiger partial charge in [0.2, 0.25) is 0 Å². The minimum atomic E-state index is -0.595. The quantitative estimate of drug-likeness (QED) is 0.279. The van der Waals surface area contributed by atoms with Gasteiger partial charge in [-0.3, -0.25) is 18.9 Å². The molecule has 0 fully saturated rings. The molecule has 0 saturated carbocycles. The zero-order chi connectivity index (χ0) is 27.9. The molecule has 6 rings (SSSR count). The summed E-state index contributed by atoms with van der Waals surface area (Å²) in [6.07, 6.45) is 4.55. The van der Waals surface area contributed by atoms with E-state index in [0.29, 0.717) is 17.8 Å². The Bertz CT molecular complexity index is 1820. The molecule has 5 aromatic rings. The van der Waals surface area contributed by atoms with Gasteiger partial charge in [0.1, 0.15) is 17.7 Å². The van der Waals surface area contributed by atoms with Crippen LogP contribution < -0.4 is 16.1 Å². The molecule has 41 heavy (non-hydrogen) atoms. The predicted molar refractivity (Wildman–Crippen MR) is 159 cm³/mol. The Balaban J connectivity index is 0.00000337. The molecule has 0 bridgehead atoms. The van der Waals surface area contributed by atoms with E-state index in [1.807, 2.05) is 66.7 Å². The topological polar surface area (TPSA) is 103 Å². The van der Waals surface area contributed by atoms with E-state index in [9.17, 15) is 9.59 Å². The summed E-state index contributed by atoms with van der Waals surface area (Å²) in [7, 11) is 0. The first-order valence-electron chi connectivity index (χ1n) is 13.5. The number of benzene rings is 3. The van der Waals surface area contributed by atoms with Crippen molar-refractivity contribution in [3.8, 4) is 34.0 Å². The van der Waals surface area contributed by atoms with Crippen molar-refractivity contribution in [2.45, 2.75) is 52.1 Å². The molecule has 1 aliphatic heterocycles. The van der Waals surface area contributed by atoms with Crippen LogP contribution in [0.15, 0.2) is 87.2 Å². The zero-order valence-electron chi connectivity index (χ0n) is 23.7. The average molecular weight is 558 g/mol. The third-order valence-corrected chi connectivity index (χ3v) is 7.23. The van der Waals surface area contributed by atoms with Crippen LogP contribution in [0.25, 0.3) is 28.2 Å². The van der Waals surface area contributed by atoms with E-state index in [-0.39, 0.29) is 40.7 Å². The second kappa shape index (κ2) is 11.6. The molecular formula is C32H30N4NaO4. The van der Waals surface area contributed by atoms with Gasteiger partial charge >= 0.3 is 5.76 Å². The molecule has 1 N–H and O–H groups in total. The number of rotatable bonds is 7. The largest absolute Gasteiger partial charge is 0.487 e. The van der Waals surface area contributed by atoms with Crippen LogP contribution in [0.2, 0.25) is 0 Å². The van der Waals surface area contributed by atoms with Crippen molar-refractivity contribution < 1.29 is 9.26 Å². The third-order valence-electron chi connectivity index (χ3n) is 7.23. The summed E-state index contributed by atoms with van der Waals surface area (Å²) < 4.78 is 12.4. The number of ether oxygens (including phenoxy) is 1. The normalized spacial score (nSPS) is 13.3. The smallest absolute Gasteiger partial charge is 0.439 e. The molecule has 1 aliphatic rings. The molecular weight excluding hydrogens is 527 g/mol. The molecule has 0 atom stereocenters. The minimum Gasteiger partial charge on any atom is -0.487 e. The molecule has 0 aliphatic carbocycles. The Morgan fingerprint density at radius 2 is 1.76 bits per heavy atom. The van der Waals surface area contributed by atoms with Gasteiger partial charge in [-0.25, -0.2) is 9.78 Å². The van der Waals surface area contributed by atoms with E-state index >= 15 is 0 Å². The second-order valence-electron chi connectivity index (χ2n) is 10.8. The first-order chi connectivity index (χ1) is 19.3. The third kappa shape index (κ3) is 5.86. The molecule has 0 spiro atoms. The van der Waals surface area contributed by atoms with Gasteiger partial charge in [0.25, 0.3) is 5.56 Å². The molecule has 0 saturated heterocycles. The summed E-state index contributed by atoms with van der Waals surface area (Å²) in [5.74, 6) is 0.655. The van der Waals surface area contributed by atoms with E-state index in [2.05, 4.69) is 30.9 Å². The van der Waals surface area contributed by atoms with Gasteiger partial charge in [-0.15, -0.1) is 0 Å². The SMILES string of the molecule is CCCc1ncn(-c2ccc3c(c2)CC(C)(C)O3)c(=O)c1Cc1ccc(-c2ccccc2-c2noc(=O)[nH]2)cc1.[Na]. The number of aryl methyl sites for hydroxylation is 1. The van der Waals surface area contributed by atoms with Crippen LogP contribution in [0.1, 0.15) is 49.6 Å². The number of hydrogen-bond acceptors (Lipinski definition) is 6. The van der Waals surface area contributed by atoms with Gasteiger partial charge in [-0.05, 0) is 55.2 Å². The standard InChI is InChI=1S/C32H30N4O4.Na/c1-4-7-27-26(30(37)36(19-33-27)23-14-15-28-22(17-23)18-32(2,3)39-28)16-20-10-12-21(13-11-20)24-8-5-6-9-25(24)29-34-31(38)40-35-29;/h5-6,8-15,17,19H,4,7,16,18H2,1-3H3,(H,34,35,38);. The van der Waals surface area contributed by atoms with Crippen LogP contribution in [0.3, 0.4) is 0 Å². The zero-order valence-corrected chi connectivity index (χ0v) is 25.7. The van der Waals surface area contributed by atoms with Crippen LogP contribution in [0, 0.1) is 0 Å². The van der Waals surface area contributed by atoms with Crippen LogP contribution in [-0.2, 0) is 19.3 Å². The van der Waals surface area contributed by atoms with Crippen molar-refractivity contribution >= 4 is 29.6 Å². The van der Waals surface area contributed by atoms with Crippen molar-refractivity contribution in [1.29, 1.82) is 0 Å². The summed E-state index contributed by atoms with van der Waals surface area (Å²) in [6, 6.07) is 21.7. The maximum atomic E-state index is 13.8. The Hall–Kier alpha value is -3.72. The van der Waals surface area contributed by atoms with Crippen molar-refractivity contribution in [3.05, 3.63) is 116 Å². The molecule has 0 unspecified atom stereocenters. The Kier molecular flexibility index (Phi) is 8.18. The second-order valence-corrected chi connectivity index (χ2v) is 10.8. The number of fused-ring (bicyclic) bond motifs is 1. The Morgan fingerprint density at radius 1 is 1.00 bits per heavy atom. The van der Waals surface area contributed by atoms with Crippen molar-refractivity contribution in [3.63, 3.8) is 0 Å². The molecule has 8 nitrogen and oxygen atoms in total. The fraction of sp³-hybridized carbons (Fsp3) is 0.250. The Morgan fingerprint density at radius 3 is 2.46 bits per heavy atom. The van der Waals surface area contributed by atoms with Gasteiger partial charge in [-0.1, -0.05) is 67.0 Å². The fourth-order valence-corrected chi connectivity index (χ4v) is 5.38. The number of nitrogens with zero attached hydrogens (tertiary/aromatic N) is 3. The van der Waals surface area contributed by atoms with Crippen LogP contribution in [-0.4, -0.2) is 54.9 Å². The monoisotopic (exact) mass is 557 g/mol. The summed E-state index contributed by atoms with van der Waals surface area (Å²) in [5, 5.41) is 3.85. The molecule has 3 heterocycles. The number of aromatic amines is 1. The summed E-state index contributed by atoms with van der Waals surface area (Å²) in [6.45, 7) is 6.22. The number of nitrogens with one attached hydrogen (secondary N) is 1. The van der Waals surface area contributed by atoms with Gasteiger partial charge in [-0.2, -0.15) is 0 Å². The Labute approximate surface area is 259 Å². The van der Waals surface area contributed by atoms with E-state index < -0.39 is 5.76 Å².